The van der Waals surface area contributed by atoms with E-state index in [0.29, 0.717) is 25.2 Å². The number of hydrogen-bond acceptors (Lipinski definition) is 5. The number of fused-ring (bicyclic) bond motifs is 1. The first-order valence-electron chi connectivity index (χ1n) is 8.83. The lowest BCUT2D eigenvalue weighted by Crippen LogP contribution is -2.17. The Morgan fingerprint density at radius 1 is 1.24 bits per heavy atom. The molecule has 0 spiro atoms. The summed E-state index contributed by atoms with van der Waals surface area (Å²) in [6, 6.07) is 10.1. The van der Waals surface area contributed by atoms with Crippen LogP contribution in [0.4, 0.5) is 5.82 Å². The topological polar surface area (TPSA) is 81.2 Å². The lowest BCUT2D eigenvalue weighted by Gasteiger charge is -2.23. The number of aromatic nitrogens is 1. The number of para-hydroxylation sites is 1. The molecule has 0 radical (unpaired) electrons. The van der Waals surface area contributed by atoms with Crippen LogP contribution in [0.25, 0.3) is 11.1 Å². The zero-order valence-corrected chi connectivity index (χ0v) is 14.1. The number of benzene rings is 1. The molecule has 2 aliphatic rings. The SMILES string of the molecule is N#Cc1c(N)nc2c(c1-c1ccccc1OC1CCCC1)COCC2. The minimum Gasteiger partial charge on any atom is -0.490 e. The van der Waals surface area contributed by atoms with Crippen molar-refractivity contribution in [3.8, 4) is 22.9 Å². The molecule has 1 aromatic heterocycles. The second-order valence-electron chi connectivity index (χ2n) is 6.61. The molecule has 2 aromatic rings. The van der Waals surface area contributed by atoms with Crippen molar-refractivity contribution in [1.29, 1.82) is 5.26 Å². The monoisotopic (exact) mass is 335 g/mol. The smallest absolute Gasteiger partial charge is 0.142 e. The van der Waals surface area contributed by atoms with Crippen LogP contribution in [-0.2, 0) is 17.8 Å². The van der Waals surface area contributed by atoms with Crippen LogP contribution in [0.2, 0.25) is 0 Å². The lowest BCUT2D eigenvalue weighted by atomic mass is 9.92. The number of nitrogens with two attached hydrogens (primary N) is 1. The Morgan fingerprint density at radius 2 is 2.04 bits per heavy atom. The summed E-state index contributed by atoms with van der Waals surface area (Å²) in [7, 11) is 0. The number of hydrogen-bond donors (Lipinski definition) is 1. The third-order valence-electron chi connectivity index (χ3n) is 5.01. The molecular formula is C20H21N3O2. The van der Waals surface area contributed by atoms with Gasteiger partial charge in [-0.25, -0.2) is 4.98 Å². The molecule has 1 aromatic carbocycles. The van der Waals surface area contributed by atoms with Crippen LogP contribution < -0.4 is 10.5 Å². The number of pyridine rings is 1. The van der Waals surface area contributed by atoms with Crippen LogP contribution in [0.1, 0.15) is 42.5 Å². The van der Waals surface area contributed by atoms with Gasteiger partial charge in [-0.2, -0.15) is 5.26 Å². The van der Waals surface area contributed by atoms with E-state index in [1.807, 2.05) is 24.3 Å². The first-order chi connectivity index (χ1) is 12.3. The maximum Gasteiger partial charge on any atom is 0.142 e. The van der Waals surface area contributed by atoms with E-state index >= 15 is 0 Å². The summed E-state index contributed by atoms with van der Waals surface area (Å²) in [6.07, 6.45) is 5.55. The number of nitrogens with zero attached hydrogens (tertiary/aromatic N) is 2. The number of ether oxygens (including phenoxy) is 2. The minimum atomic E-state index is 0.248. The molecule has 1 fully saturated rings. The van der Waals surface area contributed by atoms with Crippen LogP contribution in [0.5, 0.6) is 5.75 Å². The van der Waals surface area contributed by atoms with E-state index in [1.54, 1.807) is 0 Å². The van der Waals surface area contributed by atoms with Gasteiger partial charge in [-0.3, -0.25) is 0 Å². The maximum atomic E-state index is 9.69. The van der Waals surface area contributed by atoms with E-state index in [2.05, 4.69) is 11.1 Å². The first-order valence-corrected chi connectivity index (χ1v) is 8.83. The van der Waals surface area contributed by atoms with Crippen molar-refractivity contribution < 1.29 is 9.47 Å². The number of rotatable bonds is 3. The summed E-state index contributed by atoms with van der Waals surface area (Å²) in [4.78, 5) is 4.44. The van der Waals surface area contributed by atoms with E-state index in [0.717, 1.165) is 41.0 Å². The van der Waals surface area contributed by atoms with Crippen molar-refractivity contribution >= 4 is 5.82 Å². The molecule has 1 aliphatic heterocycles. The molecule has 5 heteroatoms. The summed E-state index contributed by atoms with van der Waals surface area (Å²) in [5.41, 5.74) is 10.1. The molecule has 2 N–H and O–H groups in total. The second kappa shape index (κ2) is 6.73. The molecule has 1 aliphatic carbocycles. The molecule has 0 bridgehead atoms. The molecule has 5 nitrogen and oxygen atoms in total. The zero-order chi connectivity index (χ0) is 17.2. The van der Waals surface area contributed by atoms with Gasteiger partial charge >= 0.3 is 0 Å². The van der Waals surface area contributed by atoms with Gasteiger partial charge in [0.2, 0.25) is 0 Å². The molecule has 25 heavy (non-hydrogen) atoms. The molecule has 1 saturated carbocycles. The Labute approximate surface area is 147 Å². The third-order valence-corrected chi connectivity index (χ3v) is 5.01. The predicted molar refractivity (Wildman–Crippen MR) is 95.0 cm³/mol. The van der Waals surface area contributed by atoms with Crippen molar-refractivity contribution in [2.24, 2.45) is 0 Å². The van der Waals surface area contributed by atoms with E-state index in [-0.39, 0.29) is 11.9 Å². The Balaban J connectivity index is 1.87. The summed E-state index contributed by atoms with van der Waals surface area (Å²) < 4.78 is 11.9. The molecule has 0 atom stereocenters. The third kappa shape index (κ3) is 2.94. The van der Waals surface area contributed by atoms with E-state index < -0.39 is 0 Å². The molecule has 2 heterocycles. The quantitative estimate of drug-likeness (QED) is 0.927. The summed E-state index contributed by atoms with van der Waals surface area (Å²) in [5.74, 6) is 1.10. The molecule has 0 saturated heterocycles. The number of anilines is 1. The Morgan fingerprint density at radius 3 is 2.84 bits per heavy atom. The van der Waals surface area contributed by atoms with Gasteiger partial charge in [0.1, 0.15) is 23.2 Å². The highest BCUT2D eigenvalue weighted by atomic mass is 16.5. The number of nitriles is 1. The fraction of sp³-hybridized carbons (Fsp3) is 0.400. The van der Waals surface area contributed by atoms with Gasteiger partial charge in [-0.1, -0.05) is 18.2 Å². The summed E-state index contributed by atoms with van der Waals surface area (Å²) in [5, 5.41) is 9.69. The van der Waals surface area contributed by atoms with Crippen LogP contribution in [0.3, 0.4) is 0 Å². The Bertz CT molecular complexity index is 836. The normalized spacial score (nSPS) is 17.1. The van der Waals surface area contributed by atoms with E-state index in [4.69, 9.17) is 15.2 Å². The fourth-order valence-electron chi connectivity index (χ4n) is 3.77. The average molecular weight is 335 g/mol. The molecule has 4 rings (SSSR count). The predicted octanol–water partition coefficient (Wildman–Crippen LogP) is 3.60. The maximum absolute atomic E-state index is 9.69. The van der Waals surface area contributed by atoms with Gasteiger partial charge in [-0.15, -0.1) is 0 Å². The van der Waals surface area contributed by atoms with E-state index in [9.17, 15) is 5.26 Å². The highest BCUT2D eigenvalue weighted by Crippen LogP contribution is 2.40. The van der Waals surface area contributed by atoms with Crippen LogP contribution >= 0.6 is 0 Å². The van der Waals surface area contributed by atoms with Crippen molar-refractivity contribution in [3.63, 3.8) is 0 Å². The van der Waals surface area contributed by atoms with Crippen LogP contribution in [0.15, 0.2) is 24.3 Å². The van der Waals surface area contributed by atoms with Crippen LogP contribution in [0, 0.1) is 11.3 Å². The van der Waals surface area contributed by atoms with Crippen molar-refractivity contribution in [3.05, 3.63) is 41.1 Å². The summed E-state index contributed by atoms with van der Waals surface area (Å²) >= 11 is 0. The van der Waals surface area contributed by atoms with Crippen molar-refractivity contribution in [1.82, 2.24) is 4.98 Å². The van der Waals surface area contributed by atoms with Gasteiger partial charge < -0.3 is 15.2 Å². The Hall–Kier alpha value is -2.58. The molecule has 128 valence electrons. The Kier molecular flexibility index (Phi) is 4.29. The molecular weight excluding hydrogens is 314 g/mol. The van der Waals surface area contributed by atoms with Crippen LogP contribution in [-0.4, -0.2) is 17.7 Å². The van der Waals surface area contributed by atoms with Gasteiger partial charge in [0.15, 0.2) is 0 Å². The highest BCUT2D eigenvalue weighted by Gasteiger charge is 2.25. The molecule has 0 amide bonds. The van der Waals surface area contributed by atoms with Gasteiger partial charge in [-0.05, 0) is 31.7 Å². The van der Waals surface area contributed by atoms with Gasteiger partial charge in [0.05, 0.1) is 25.0 Å². The summed E-state index contributed by atoms with van der Waals surface area (Å²) in [6.45, 7) is 1.08. The highest BCUT2D eigenvalue weighted by molar-refractivity contribution is 5.82. The molecule has 0 unspecified atom stereocenters. The fourth-order valence-corrected chi connectivity index (χ4v) is 3.77. The van der Waals surface area contributed by atoms with Crippen molar-refractivity contribution in [2.75, 3.05) is 12.3 Å². The lowest BCUT2D eigenvalue weighted by molar-refractivity contribution is 0.109. The number of nitrogen functional groups attached to an aromatic ring is 1. The first kappa shape index (κ1) is 15.9. The van der Waals surface area contributed by atoms with Gasteiger partial charge in [0.25, 0.3) is 0 Å². The van der Waals surface area contributed by atoms with Gasteiger partial charge in [0, 0.05) is 23.1 Å². The standard InChI is InChI=1S/C20H21N3O2/c21-11-15-19(16-12-24-10-9-17(16)23-20(15)22)14-7-3-4-8-18(14)25-13-5-1-2-6-13/h3-4,7-8,13H,1-2,5-6,9-10,12H2,(H2,22,23). The average Bonchev–Trinajstić information content (AvgIpc) is 3.14. The minimum absolute atomic E-state index is 0.248. The van der Waals surface area contributed by atoms with Crippen molar-refractivity contribution in [2.45, 2.75) is 44.8 Å². The largest absolute Gasteiger partial charge is 0.490 e. The van der Waals surface area contributed by atoms with E-state index in [1.165, 1.54) is 12.8 Å². The second-order valence-corrected chi connectivity index (χ2v) is 6.61. The zero-order valence-electron chi connectivity index (χ0n) is 14.1.